The van der Waals surface area contributed by atoms with Crippen molar-refractivity contribution in [1.29, 1.82) is 0 Å². The molecular formula is C60H36N4. The molecule has 0 saturated carbocycles. The number of nitrogens with zero attached hydrogens (tertiary/aromatic N) is 4. The maximum absolute atomic E-state index is 5.21. The maximum Gasteiger partial charge on any atom is 0.164 e. The fourth-order valence-electron chi connectivity index (χ4n) is 11.4. The highest BCUT2D eigenvalue weighted by Gasteiger charge is 2.53. The zero-order chi connectivity index (χ0) is 41.9. The van der Waals surface area contributed by atoms with Crippen molar-refractivity contribution in [1.82, 2.24) is 19.5 Å². The topological polar surface area (TPSA) is 43.6 Å². The van der Waals surface area contributed by atoms with E-state index < -0.39 is 5.41 Å². The molecule has 12 aromatic rings. The number of hydrogen-bond donors (Lipinski definition) is 0. The SMILES string of the molecule is c1ccc(-c2nc(-c3ccccc3)nc(-c3ccc(-n4c5ccccc5c5c6ccccc6c6c(c54)C4(c5ccccc5-c5ccccc54)c4ccccc4-6)c4ccccc34)n2)cc1. The first kappa shape index (κ1) is 35.2. The van der Waals surface area contributed by atoms with Crippen LogP contribution < -0.4 is 0 Å². The molecule has 0 N–H and O–H groups in total. The second kappa shape index (κ2) is 13.3. The van der Waals surface area contributed by atoms with Crippen molar-refractivity contribution < 1.29 is 0 Å². The predicted molar refractivity (Wildman–Crippen MR) is 262 cm³/mol. The molecule has 0 aliphatic heterocycles. The number of rotatable bonds is 4. The van der Waals surface area contributed by atoms with E-state index in [1.54, 1.807) is 0 Å². The molecule has 0 atom stereocenters. The number of aromatic nitrogens is 4. The van der Waals surface area contributed by atoms with Gasteiger partial charge in [0.1, 0.15) is 0 Å². The highest BCUT2D eigenvalue weighted by Crippen LogP contribution is 2.66. The van der Waals surface area contributed by atoms with Crippen molar-refractivity contribution >= 4 is 43.4 Å². The van der Waals surface area contributed by atoms with Crippen LogP contribution in [0.1, 0.15) is 22.3 Å². The van der Waals surface area contributed by atoms with Gasteiger partial charge in [0.2, 0.25) is 0 Å². The lowest BCUT2D eigenvalue weighted by Crippen LogP contribution is -2.26. The van der Waals surface area contributed by atoms with E-state index >= 15 is 0 Å². The average molecular weight is 813 g/mol. The molecule has 0 fully saturated rings. The van der Waals surface area contributed by atoms with Crippen LogP contribution in [-0.4, -0.2) is 19.5 Å². The Morgan fingerprint density at radius 3 is 1.44 bits per heavy atom. The third-order valence-corrected chi connectivity index (χ3v) is 13.8. The molecule has 2 aliphatic carbocycles. The molecule has 0 amide bonds. The molecule has 296 valence electrons. The van der Waals surface area contributed by atoms with Gasteiger partial charge < -0.3 is 4.57 Å². The van der Waals surface area contributed by atoms with Gasteiger partial charge >= 0.3 is 0 Å². The first-order valence-electron chi connectivity index (χ1n) is 22.0. The Bertz CT molecular complexity index is 3800. The molecule has 2 aromatic heterocycles. The summed E-state index contributed by atoms with van der Waals surface area (Å²) >= 11 is 0. The van der Waals surface area contributed by atoms with Crippen LogP contribution in [0.3, 0.4) is 0 Å². The molecule has 2 aliphatic rings. The standard InChI is InChI=1S/C60H36N4/c1-3-19-37(20-4-1)57-61-58(38-21-5-2-6-22-38)63-59(62-57)45-35-36-52(42-26-8-7-23-39(42)45)64-51-34-18-14-30-47(51)54-44-28-10-9-27-43(44)53-46-29-13-17-33-50(46)60(55(53)56(54)64)48-31-15-11-24-40(48)41-25-12-16-32-49(41)60/h1-36H. The van der Waals surface area contributed by atoms with Crippen LogP contribution in [0.4, 0.5) is 0 Å². The molecule has 0 unspecified atom stereocenters. The van der Waals surface area contributed by atoms with Crippen molar-refractivity contribution in [2.24, 2.45) is 0 Å². The predicted octanol–water partition coefficient (Wildman–Crippen LogP) is 14.6. The highest BCUT2D eigenvalue weighted by molar-refractivity contribution is 6.28. The van der Waals surface area contributed by atoms with Crippen molar-refractivity contribution in [2.45, 2.75) is 5.41 Å². The summed E-state index contributed by atoms with van der Waals surface area (Å²) < 4.78 is 2.58. The second-order valence-electron chi connectivity index (χ2n) is 17.0. The Morgan fingerprint density at radius 2 is 0.797 bits per heavy atom. The zero-order valence-corrected chi connectivity index (χ0v) is 34.6. The van der Waals surface area contributed by atoms with Gasteiger partial charge in [0.15, 0.2) is 17.5 Å². The van der Waals surface area contributed by atoms with Gasteiger partial charge in [0.25, 0.3) is 0 Å². The molecule has 4 heteroatoms. The molecule has 0 radical (unpaired) electrons. The van der Waals surface area contributed by atoms with Crippen molar-refractivity contribution in [3.05, 3.63) is 241 Å². The van der Waals surface area contributed by atoms with Crippen LogP contribution in [0.15, 0.2) is 218 Å². The summed E-state index contributed by atoms with van der Waals surface area (Å²) in [5, 5.41) is 7.21. The van der Waals surface area contributed by atoms with Crippen LogP contribution in [0.25, 0.3) is 105 Å². The van der Waals surface area contributed by atoms with Crippen LogP contribution in [0.2, 0.25) is 0 Å². The minimum Gasteiger partial charge on any atom is -0.308 e. The van der Waals surface area contributed by atoms with Gasteiger partial charge in [-0.3, -0.25) is 0 Å². The average Bonchev–Trinajstić information content (AvgIpc) is 3.99. The van der Waals surface area contributed by atoms with E-state index in [9.17, 15) is 0 Å². The smallest absolute Gasteiger partial charge is 0.164 e. The fraction of sp³-hybridized carbons (Fsp3) is 0.0167. The molecular weight excluding hydrogens is 777 g/mol. The van der Waals surface area contributed by atoms with E-state index in [0.717, 1.165) is 38.7 Å². The van der Waals surface area contributed by atoms with E-state index in [2.05, 4.69) is 187 Å². The van der Waals surface area contributed by atoms with Crippen molar-refractivity contribution in [3.8, 4) is 62.1 Å². The van der Waals surface area contributed by atoms with Gasteiger partial charge in [-0.25, -0.2) is 15.0 Å². The molecule has 0 saturated heterocycles. The third-order valence-electron chi connectivity index (χ3n) is 13.8. The van der Waals surface area contributed by atoms with Gasteiger partial charge in [-0.2, -0.15) is 0 Å². The maximum atomic E-state index is 5.21. The molecule has 14 rings (SSSR count). The van der Waals surface area contributed by atoms with Gasteiger partial charge in [0.05, 0.1) is 22.1 Å². The van der Waals surface area contributed by atoms with Crippen LogP contribution in [0, 0.1) is 0 Å². The first-order valence-corrected chi connectivity index (χ1v) is 22.0. The van der Waals surface area contributed by atoms with E-state index in [4.69, 9.17) is 15.0 Å². The van der Waals surface area contributed by atoms with Crippen molar-refractivity contribution in [3.63, 3.8) is 0 Å². The summed E-state index contributed by atoms with van der Waals surface area (Å²) in [4.78, 5) is 15.4. The lowest BCUT2D eigenvalue weighted by molar-refractivity contribution is 0.797. The quantitative estimate of drug-likeness (QED) is 0.178. The van der Waals surface area contributed by atoms with E-state index in [1.807, 2.05) is 36.4 Å². The van der Waals surface area contributed by atoms with Gasteiger partial charge in [0, 0.05) is 38.4 Å². The Balaban J connectivity index is 1.13. The third kappa shape index (κ3) is 4.63. The number of para-hydroxylation sites is 1. The van der Waals surface area contributed by atoms with Crippen molar-refractivity contribution in [2.75, 3.05) is 0 Å². The normalized spacial score (nSPS) is 13.1. The van der Waals surface area contributed by atoms with Crippen LogP contribution in [-0.2, 0) is 5.41 Å². The molecule has 4 nitrogen and oxygen atoms in total. The van der Waals surface area contributed by atoms with Gasteiger partial charge in [-0.1, -0.05) is 200 Å². The van der Waals surface area contributed by atoms with E-state index in [1.165, 1.54) is 71.6 Å². The number of benzene rings is 10. The minimum atomic E-state index is -0.560. The van der Waals surface area contributed by atoms with E-state index in [0.29, 0.717) is 17.5 Å². The largest absolute Gasteiger partial charge is 0.308 e. The van der Waals surface area contributed by atoms with Gasteiger partial charge in [-0.05, 0) is 73.3 Å². The minimum absolute atomic E-state index is 0.560. The summed E-state index contributed by atoms with van der Waals surface area (Å²) in [7, 11) is 0. The molecule has 0 bridgehead atoms. The van der Waals surface area contributed by atoms with Crippen LogP contribution in [0.5, 0.6) is 0 Å². The fourth-order valence-corrected chi connectivity index (χ4v) is 11.4. The Labute approximate surface area is 369 Å². The van der Waals surface area contributed by atoms with Crippen LogP contribution >= 0.6 is 0 Å². The Hall–Kier alpha value is -8.47. The first-order chi connectivity index (χ1) is 31.8. The summed E-state index contributed by atoms with van der Waals surface area (Å²) in [6.45, 7) is 0. The zero-order valence-electron chi connectivity index (χ0n) is 34.6. The molecule has 64 heavy (non-hydrogen) atoms. The lowest BCUT2D eigenvalue weighted by atomic mass is 9.70. The van der Waals surface area contributed by atoms with E-state index in [-0.39, 0.29) is 0 Å². The Morgan fingerprint density at radius 1 is 0.328 bits per heavy atom. The molecule has 1 spiro atoms. The molecule has 10 aromatic carbocycles. The monoisotopic (exact) mass is 812 g/mol. The number of fused-ring (bicyclic) bond motifs is 18. The lowest BCUT2D eigenvalue weighted by Gasteiger charge is -2.32. The highest BCUT2D eigenvalue weighted by atomic mass is 15.0. The summed E-state index contributed by atoms with van der Waals surface area (Å²) in [5.41, 5.74) is 16.3. The number of hydrogen-bond acceptors (Lipinski definition) is 3. The Kier molecular flexibility index (Phi) is 7.29. The summed E-state index contributed by atoms with van der Waals surface area (Å²) in [6, 6.07) is 79.1. The molecule has 2 heterocycles. The van der Waals surface area contributed by atoms with Gasteiger partial charge in [-0.15, -0.1) is 0 Å². The second-order valence-corrected chi connectivity index (χ2v) is 17.0. The summed E-state index contributed by atoms with van der Waals surface area (Å²) in [5.74, 6) is 1.92. The summed E-state index contributed by atoms with van der Waals surface area (Å²) in [6.07, 6.45) is 0.